The summed E-state index contributed by atoms with van der Waals surface area (Å²) in [6.07, 6.45) is 0. The van der Waals surface area contributed by atoms with Crippen molar-refractivity contribution in [2.75, 3.05) is 0 Å². The van der Waals surface area contributed by atoms with Crippen molar-refractivity contribution in [3.8, 4) is 17.4 Å². The first-order valence-corrected chi connectivity index (χ1v) is 4.43. The quantitative estimate of drug-likeness (QED) is 0.712. The molecule has 0 saturated heterocycles. The van der Waals surface area contributed by atoms with E-state index < -0.39 is 0 Å². The maximum Gasteiger partial charge on any atom is 0.204 e. The smallest absolute Gasteiger partial charge is 0.204 e. The fourth-order valence-corrected chi connectivity index (χ4v) is 1.29. The second-order valence-corrected chi connectivity index (χ2v) is 3.22. The van der Waals surface area contributed by atoms with E-state index in [4.69, 9.17) is 21.3 Å². The van der Waals surface area contributed by atoms with Gasteiger partial charge in [0.25, 0.3) is 0 Å². The second kappa shape index (κ2) is 3.57. The van der Waals surface area contributed by atoms with Gasteiger partial charge in [-0.2, -0.15) is 5.26 Å². The number of hydrogen-bond donors (Lipinski definition) is 0. The van der Waals surface area contributed by atoms with E-state index in [0.29, 0.717) is 16.5 Å². The van der Waals surface area contributed by atoms with Crippen LogP contribution < -0.4 is 0 Å². The largest absolute Gasteiger partial charge is 0.446 e. The number of nitriles is 1. The Morgan fingerprint density at radius 2 is 1.79 bits per heavy atom. The predicted octanol–water partition coefficient (Wildman–Crippen LogP) is 3.47. The molecule has 2 rings (SSSR count). The zero-order valence-corrected chi connectivity index (χ0v) is 7.95. The molecule has 0 unspecified atom stereocenters. The van der Waals surface area contributed by atoms with E-state index in [1.54, 1.807) is 24.3 Å². The van der Waals surface area contributed by atoms with Crippen LogP contribution in [0.4, 0.5) is 0 Å². The van der Waals surface area contributed by atoms with Gasteiger partial charge in [0.05, 0.1) is 0 Å². The van der Waals surface area contributed by atoms with E-state index in [0.717, 1.165) is 5.56 Å². The Morgan fingerprint density at radius 3 is 2.36 bits per heavy atom. The molecule has 68 valence electrons. The van der Waals surface area contributed by atoms with Gasteiger partial charge in [0, 0.05) is 10.6 Å². The molecule has 0 aliphatic rings. The standard InChI is InChI=1S/C11H6ClNO/c12-9-3-1-8(2-4-9)11-6-5-10(7-13)14-11/h1-6H. The fourth-order valence-electron chi connectivity index (χ4n) is 1.17. The number of benzene rings is 1. The Balaban J connectivity index is 2.40. The molecule has 0 N–H and O–H groups in total. The van der Waals surface area contributed by atoms with Gasteiger partial charge in [-0.15, -0.1) is 0 Å². The van der Waals surface area contributed by atoms with Crippen LogP contribution in [0.3, 0.4) is 0 Å². The maximum absolute atomic E-state index is 8.58. The summed E-state index contributed by atoms with van der Waals surface area (Å²) >= 11 is 5.75. The first kappa shape index (κ1) is 8.86. The summed E-state index contributed by atoms with van der Waals surface area (Å²) in [5.74, 6) is 0.994. The average Bonchev–Trinajstić information content (AvgIpc) is 2.67. The highest BCUT2D eigenvalue weighted by Gasteiger charge is 2.03. The maximum atomic E-state index is 8.58. The third kappa shape index (κ3) is 1.63. The molecule has 0 fully saturated rings. The summed E-state index contributed by atoms with van der Waals surface area (Å²) in [5, 5.41) is 9.26. The van der Waals surface area contributed by atoms with Gasteiger partial charge < -0.3 is 4.42 Å². The van der Waals surface area contributed by atoms with Crippen molar-refractivity contribution in [3.05, 3.63) is 47.2 Å². The van der Waals surface area contributed by atoms with Crippen LogP contribution in [-0.2, 0) is 0 Å². The van der Waals surface area contributed by atoms with Crippen molar-refractivity contribution in [1.82, 2.24) is 0 Å². The summed E-state index contributed by atoms with van der Waals surface area (Å²) < 4.78 is 5.25. The number of halogens is 1. The topological polar surface area (TPSA) is 36.9 Å². The lowest BCUT2D eigenvalue weighted by Crippen LogP contribution is -1.71. The Bertz CT molecular complexity index is 479. The van der Waals surface area contributed by atoms with E-state index >= 15 is 0 Å². The first-order chi connectivity index (χ1) is 6.79. The molecular weight excluding hydrogens is 198 g/mol. The van der Waals surface area contributed by atoms with Crippen LogP contribution in [0.5, 0.6) is 0 Å². The van der Waals surface area contributed by atoms with E-state index in [2.05, 4.69) is 0 Å². The summed E-state index contributed by atoms with van der Waals surface area (Å²) in [6, 6.07) is 12.6. The molecule has 14 heavy (non-hydrogen) atoms. The average molecular weight is 204 g/mol. The summed E-state index contributed by atoms with van der Waals surface area (Å²) in [4.78, 5) is 0. The van der Waals surface area contributed by atoms with Crippen molar-refractivity contribution in [2.24, 2.45) is 0 Å². The first-order valence-electron chi connectivity index (χ1n) is 4.05. The van der Waals surface area contributed by atoms with Crippen molar-refractivity contribution in [2.45, 2.75) is 0 Å². The Labute approximate surface area is 86.3 Å². The third-order valence-corrected chi connectivity index (χ3v) is 2.10. The minimum absolute atomic E-state index is 0.315. The van der Waals surface area contributed by atoms with Crippen LogP contribution in [0.1, 0.15) is 5.76 Å². The van der Waals surface area contributed by atoms with Crippen LogP contribution in [0.15, 0.2) is 40.8 Å². The van der Waals surface area contributed by atoms with Gasteiger partial charge in [-0.25, -0.2) is 0 Å². The van der Waals surface area contributed by atoms with Gasteiger partial charge in [0.15, 0.2) is 0 Å². The number of hydrogen-bond acceptors (Lipinski definition) is 2. The van der Waals surface area contributed by atoms with E-state index in [-0.39, 0.29) is 0 Å². The summed E-state index contributed by atoms with van der Waals surface area (Å²) in [6.45, 7) is 0. The molecule has 0 aliphatic carbocycles. The Morgan fingerprint density at radius 1 is 1.07 bits per heavy atom. The lowest BCUT2D eigenvalue weighted by molar-refractivity contribution is 0.567. The molecule has 0 atom stereocenters. The highest BCUT2D eigenvalue weighted by Crippen LogP contribution is 2.23. The molecule has 1 aromatic heterocycles. The number of rotatable bonds is 1. The van der Waals surface area contributed by atoms with E-state index in [1.165, 1.54) is 0 Å². The van der Waals surface area contributed by atoms with Crippen molar-refractivity contribution in [1.29, 1.82) is 5.26 Å². The van der Waals surface area contributed by atoms with Crippen LogP contribution in [0, 0.1) is 11.3 Å². The molecule has 1 heterocycles. The highest BCUT2D eigenvalue weighted by atomic mass is 35.5. The summed E-state index contributed by atoms with van der Waals surface area (Å²) in [7, 11) is 0. The molecule has 0 bridgehead atoms. The van der Waals surface area contributed by atoms with Gasteiger partial charge in [-0.3, -0.25) is 0 Å². The van der Waals surface area contributed by atoms with E-state index in [9.17, 15) is 0 Å². The molecule has 0 amide bonds. The van der Waals surface area contributed by atoms with Crippen molar-refractivity contribution >= 4 is 11.6 Å². The Hall–Kier alpha value is -1.72. The highest BCUT2D eigenvalue weighted by molar-refractivity contribution is 6.30. The molecular formula is C11H6ClNO. The van der Waals surface area contributed by atoms with Crippen molar-refractivity contribution < 1.29 is 4.42 Å². The predicted molar refractivity (Wildman–Crippen MR) is 53.9 cm³/mol. The zero-order chi connectivity index (χ0) is 9.97. The van der Waals surface area contributed by atoms with Gasteiger partial charge in [0.2, 0.25) is 5.76 Å². The fraction of sp³-hybridized carbons (Fsp3) is 0. The SMILES string of the molecule is N#Cc1ccc(-c2ccc(Cl)cc2)o1. The Kier molecular flexibility index (Phi) is 2.26. The minimum atomic E-state index is 0.315. The van der Waals surface area contributed by atoms with Gasteiger partial charge in [-0.1, -0.05) is 11.6 Å². The zero-order valence-electron chi connectivity index (χ0n) is 7.20. The third-order valence-electron chi connectivity index (χ3n) is 1.84. The van der Waals surface area contributed by atoms with Crippen LogP contribution in [0.25, 0.3) is 11.3 Å². The monoisotopic (exact) mass is 203 g/mol. The number of furan rings is 1. The van der Waals surface area contributed by atoms with Gasteiger partial charge in [-0.05, 0) is 36.4 Å². The van der Waals surface area contributed by atoms with Crippen molar-refractivity contribution in [3.63, 3.8) is 0 Å². The normalized spacial score (nSPS) is 9.71. The second-order valence-electron chi connectivity index (χ2n) is 2.78. The van der Waals surface area contributed by atoms with E-state index in [1.807, 2.05) is 18.2 Å². The molecule has 1 aromatic carbocycles. The molecule has 0 saturated carbocycles. The molecule has 0 radical (unpaired) electrons. The molecule has 2 nitrogen and oxygen atoms in total. The lowest BCUT2D eigenvalue weighted by Gasteiger charge is -1.95. The molecule has 2 aromatic rings. The van der Waals surface area contributed by atoms with Crippen LogP contribution in [-0.4, -0.2) is 0 Å². The number of nitrogens with zero attached hydrogens (tertiary/aromatic N) is 1. The molecule has 3 heteroatoms. The van der Waals surface area contributed by atoms with Crippen LogP contribution >= 0.6 is 11.6 Å². The lowest BCUT2D eigenvalue weighted by atomic mass is 10.2. The summed E-state index contributed by atoms with van der Waals surface area (Å²) in [5.41, 5.74) is 0.913. The minimum Gasteiger partial charge on any atom is -0.446 e. The van der Waals surface area contributed by atoms with Crippen LogP contribution in [0.2, 0.25) is 5.02 Å². The molecule has 0 aliphatic heterocycles. The van der Waals surface area contributed by atoms with Gasteiger partial charge in [0.1, 0.15) is 11.8 Å². The van der Waals surface area contributed by atoms with Gasteiger partial charge >= 0.3 is 0 Å². The molecule has 0 spiro atoms.